The first-order valence-corrected chi connectivity index (χ1v) is 7.53. The van der Waals surface area contributed by atoms with Gasteiger partial charge in [-0.3, -0.25) is 0 Å². The van der Waals surface area contributed by atoms with Gasteiger partial charge in [0.1, 0.15) is 0 Å². The summed E-state index contributed by atoms with van der Waals surface area (Å²) in [5.41, 5.74) is 0.746. The number of likely N-dealkylation sites (tertiary alicyclic amines) is 1. The van der Waals surface area contributed by atoms with Crippen molar-refractivity contribution < 1.29 is 5.32 Å². The quantitative estimate of drug-likeness (QED) is 0.683. The van der Waals surface area contributed by atoms with Crippen LogP contribution in [0.2, 0.25) is 0 Å². The topological polar surface area (TPSA) is 31.9 Å². The van der Waals surface area contributed by atoms with Crippen LogP contribution in [0.15, 0.2) is 0 Å². The van der Waals surface area contributed by atoms with Gasteiger partial charge in [-0.2, -0.15) is 0 Å². The van der Waals surface area contributed by atoms with E-state index in [0.717, 1.165) is 5.41 Å². The second kappa shape index (κ2) is 6.72. The highest BCUT2D eigenvalue weighted by atomic mass is 15.1. The largest absolute Gasteiger partial charge is 0.346 e. The standard InChI is InChI=1S/C14H29N3/c1-15-8-2-3-11-17-12-6-14(7-13-17)4-9-16-10-5-14/h15-16H,2-13H2,1H3/p+1. The highest BCUT2D eigenvalue weighted by Crippen LogP contribution is 2.38. The lowest BCUT2D eigenvalue weighted by molar-refractivity contribution is -0.668. The van der Waals surface area contributed by atoms with Gasteiger partial charge in [0.05, 0.1) is 13.1 Å². The van der Waals surface area contributed by atoms with Crippen LogP contribution < -0.4 is 10.6 Å². The third-order valence-corrected chi connectivity index (χ3v) is 4.83. The Kier molecular flexibility index (Phi) is 5.26. The van der Waals surface area contributed by atoms with Crippen molar-refractivity contribution in [2.45, 2.75) is 38.5 Å². The third kappa shape index (κ3) is 3.94. The maximum Gasteiger partial charge on any atom is 0.0760 e. The number of hydrogen-bond acceptors (Lipinski definition) is 2. The number of nitrogens with two attached hydrogens (primary N) is 1. The van der Waals surface area contributed by atoms with Crippen molar-refractivity contribution in [1.29, 1.82) is 0 Å². The summed E-state index contributed by atoms with van der Waals surface area (Å²) in [6.45, 7) is 7.97. The number of quaternary nitrogens is 1. The molecule has 2 aliphatic heterocycles. The Labute approximate surface area is 106 Å². The molecule has 2 aliphatic rings. The van der Waals surface area contributed by atoms with E-state index in [1.54, 1.807) is 0 Å². The Bertz CT molecular complexity index is 202. The Morgan fingerprint density at radius 3 is 2.41 bits per heavy atom. The number of rotatable bonds is 5. The second-order valence-corrected chi connectivity index (χ2v) is 6.02. The highest BCUT2D eigenvalue weighted by molar-refractivity contribution is 4.86. The molecule has 3 N–H and O–H groups in total. The van der Waals surface area contributed by atoms with Crippen LogP contribution >= 0.6 is 0 Å². The van der Waals surface area contributed by atoms with Crippen LogP contribution in [-0.2, 0) is 0 Å². The zero-order valence-electron chi connectivity index (χ0n) is 11.5. The van der Waals surface area contributed by atoms with E-state index in [2.05, 4.69) is 15.5 Å². The lowest BCUT2D eigenvalue weighted by Gasteiger charge is -2.43. The average Bonchev–Trinajstić information content (AvgIpc) is 2.38. The van der Waals surface area contributed by atoms with Crippen LogP contribution in [0.1, 0.15) is 38.5 Å². The van der Waals surface area contributed by atoms with E-state index < -0.39 is 0 Å². The molecule has 2 rings (SSSR count). The monoisotopic (exact) mass is 240 g/mol. The Morgan fingerprint density at radius 1 is 1.06 bits per heavy atom. The minimum Gasteiger partial charge on any atom is -0.346 e. The Morgan fingerprint density at radius 2 is 1.76 bits per heavy atom. The summed E-state index contributed by atoms with van der Waals surface area (Å²) in [5, 5.41) is 5.73. The van der Waals surface area contributed by atoms with Crippen LogP contribution in [0, 0.1) is 5.41 Å². The third-order valence-electron chi connectivity index (χ3n) is 4.83. The molecule has 0 aromatic carbocycles. The molecule has 0 bridgehead atoms. The van der Waals surface area contributed by atoms with E-state index in [1.807, 2.05) is 7.05 Å². The van der Waals surface area contributed by atoms with Crippen LogP contribution in [0.5, 0.6) is 0 Å². The fourth-order valence-electron chi connectivity index (χ4n) is 3.47. The first-order chi connectivity index (χ1) is 8.35. The van der Waals surface area contributed by atoms with Crippen molar-refractivity contribution in [2.75, 3.05) is 46.3 Å². The van der Waals surface area contributed by atoms with E-state index in [0.29, 0.717) is 0 Å². The second-order valence-electron chi connectivity index (χ2n) is 6.02. The van der Waals surface area contributed by atoms with E-state index in [1.165, 1.54) is 77.8 Å². The molecule has 0 radical (unpaired) electrons. The number of piperidine rings is 2. The lowest BCUT2D eigenvalue weighted by Crippen LogP contribution is -2.87. The number of nitrogens with zero attached hydrogens (tertiary/aromatic N) is 1. The molecule has 0 unspecified atom stereocenters. The fourth-order valence-corrected chi connectivity index (χ4v) is 3.47. The molecule has 17 heavy (non-hydrogen) atoms. The molecule has 0 aromatic heterocycles. The van der Waals surface area contributed by atoms with Crippen molar-refractivity contribution in [3.8, 4) is 0 Å². The van der Waals surface area contributed by atoms with Gasteiger partial charge >= 0.3 is 0 Å². The lowest BCUT2D eigenvalue weighted by atomic mass is 9.71. The molecule has 2 saturated heterocycles. The van der Waals surface area contributed by atoms with E-state index in [-0.39, 0.29) is 0 Å². The SMILES string of the molecule is CNCCCCN1CCC2(CC[NH2+]CC2)CC1. The summed E-state index contributed by atoms with van der Waals surface area (Å²) in [4.78, 5) is 2.69. The van der Waals surface area contributed by atoms with Crippen molar-refractivity contribution in [3.05, 3.63) is 0 Å². The Hall–Kier alpha value is -0.120. The summed E-state index contributed by atoms with van der Waals surface area (Å²) in [6.07, 6.45) is 8.57. The molecule has 1 spiro atoms. The van der Waals surface area contributed by atoms with Crippen LogP contribution in [0.4, 0.5) is 0 Å². The van der Waals surface area contributed by atoms with Gasteiger partial charge in [0.15, 0.2) is 0 Å². The maximum atomic E-state index is 3.23. The van der Waals surface area contributed by atoms with Crippen LogP contribution in [0.25, 0.3) is 0 Å². The van der Waals surface area contributed by atoms with E-state index in [9.17, 15) is 0 Å². The molecule has 0 aromatic rings. The van der Waals surface area contributed by atoms with Gasteiger partial charge in [0.25, 0.3) is 0 Å². The average molecular weight is 240 g/mol. The van der Waals surface area contributed by atoms with Gasteiger partial charge in [0.2, 0.25) is 0 Å². The van der Waals surface area contributed by atoms with Gasteiger partial charge in [-0.05, 0) is 64.3 Å². The minimum atomic E-state index is 0.746. The molecular weight excluding hydrogens is 210 g/mol. The molecule has 2 fully saturated rings. The maximum absolute atomic E-state index is 3.23. The smallest absolute Gasteiger partial charge is 0.0760 e. The number of nitrogens with one attached hydrogen (secondary N) is 1. The van der Waals surface area contributed by atoms with Crippen LogP contribution in [0.3, 0.4) is 0 Å². The molecule has 2 heterocycles. The summed E-state index contributed by atoms with van der Waals surface area (Å²) < 4.78 is 0. The Balaban J connectivity index is 1.63. The molecule has 0 saturated carbocycles. The first-order valence-electron chi connectivity index (χ1n) is 7.53. The number of unbranched alkanes of at least 4 members (excludes halogenated alkanes) is 1. The van der Waals surface area contributed by atoms with Gasteiger partial charge in [-0.25, -0.2) is 0 Å². The zero-order chi connectivity index (χ0) is 12.0. The molecule has 3 nitrogen and oxygen atoms in total. The molecule has 0 atom stereocenters. The van der Waals surface area contributed by atoms with Crippen molar-refractivity contribution >= 4 is 0 Å². The van der Waals surface area contributed by atoms with Crippen LogP contribution in [-0.4, -0.2) is 51.2 Å². The molecule has 100 valence electrons. The first kappa shape index (κ1) is 13.3. The summed E-state index contributed by atoms with van der Waals surface area (Å²) >= 11 is 0. The van der Waals surface area contributed by atoms with E-state index >= 15 is 0 Å². The fraction of sp³-hybridized carbons (Fsp3) is 1.00. The molecule has 0 amide bonds. The van der Waals surface area contributed by atoms with Gasteiger partial charge in [0, 0.05) is 12.8 Å². The van der Waals surface area contributed by atoms with E-state index in [4.69, 9.17) is 0 Å². The predicted octanol–water partition coefficient (Wildman–Crippen LogP) is 0.425. The van der Waals surface area contributed by atoms with Crippen molar-refractivity contribution in [2.24, 2.45) is 5.41 Å². The van der Waals surface area contributed by atoms with Gasteiger partial charge in [-0.15, -0.1) is 0 Å². The van der Waals surface area contributed by atoms with Gasteiger partial charge < -0.3 is 15.5 Å². The zero-order valence-corrected chi connectivity index (χ0v) is 11.5. The summed E-state index contributed by atoms with van der Waals surface area (Å²) in [5.74, 6) is 0. The molecule has 3 heteroatoms. The summed E-state index contributed by atoms with van der Waals surface area (Å²) in [7, 11) is 2.05. The number of hydrogen-bond donors (Lipinski definition) is 2. The molecular formula is C14H30N3+. The summed E-state index contributed by atoms with van der Waals surface area (Å²) in [6, 6.07) is 0. The van der Waals surface area contributed by atoms with Crippen molar-refractivity contribution in [1.82, 2.24) is 10.2 Å². The van der Waals surface area contributed by atoms with Gasteiger partial charge in [-0.1, -0.05) is 0 Å². The predicted molar refractivity (Wildman–Crippen MR) is 72.2 cm³/mol. The molecule has 0 aliphatic carbocycles. The van der Waals surface area contributed by atoms with Crippen molar-refractivity contribution in [3.63, 3.8) is 0 Å². The minimum absolute atomic E-state index is 0.746. The normalized spacial score (nSPS) is 25.2. The highest BCUT2D eigenvalue weighted by Gasteiger charge is 2.36.